The summed E-state index contributed by atoms with van der Waals surface area (Å²) in [5, 5.41) is 2.27. The zero-order chi connectivity index (χ0) is 13.0. The van der Waals surface area contributed by atoms with Gasteiger partial charge in [0.15, 0.2) is 0 Å². The molecular weight excluding hydrogens is 248 g/mol. The van der Waals surface area contributed by atoms with Crippen LogP contribution in [0.1, 0.15) is 26.2 Å². The van der Waals surface area contributed by atoms with E-state index in [0.717, 1.165) is 18.8 Å². The Bertz CT molecular complexity index is 397. The van der Waals surface area contributed by atoms with E-state index >= 15 is 0 Å². The molecule has 0 bridgehead atoms. The molecule has 0 aliphatic carbocycles. The molecule has 0 aromatic heterocycles. The number of hydrogen-bond acceptors (Lipinski definition) is 2. The van der Waals surface area contributed by atoms with Crippen molar-refractivity contribution in [1.29, 1.82) is 0 Å². The van der Waals surface area contributed by atoms with E-state index in [1.807, 2.05) is 12.1 Å². The van der Waals surface area contributed by atoms with E-state index in [-0.39, 0.29) is 5.91 Å². The summed E-state index contributed by atoms with van der Waals surface area (Å²) in [4.78, 5) is 13.8. The van der Waals surface area contributed by atoms with Crippen LogP contribution in [-0.4, -0.2) is 24.4 Å². The Morgan fingerprint density at radius 2 is 1.83 bits per heavy atom. The van der Waals surface area contributed by atoms with E-state index in [2.05, 4.69) is 22.3 Å². The molecule has 18 heavy (non-hydrogen) atoms. The number of piperidine rings is 1. The molecular formula is C14H19ClN2O. The highest BCUT2D eigenvalue weighted by atomic mass is 35.5. The van der Waals surface area contributed by atoms with E-state index in [0.29, 0.717) is 0 Å². The topological polar surface area (TPSA) is 32.3 Å². The summed E-state index contributed by atoms with van der Waals surface area (Å²) < 4.78 is 0. The van der Waals surface area contributed by atoms with E-state index in [4.69, 9.17) is 11.6 Å². The fraction of sp³-hybridized carbons (Fsp3) is 0.500. The largest absolute Gasteiger partial charge is 0.372 e. The van der Waals surface area contributed by atoms with Crippen molar-refractivity contribution in [2.45, 2.75) is 31.6 Å². The molecule has 1 atom stereocenters. The van der Waals surface area contributed by atoms with Crippen LogP contribution in [0.3, 0.4) is 0 Å². The van der Waals surface area contributed by atoms with Crippen LogP contribution < -0.4 is 10.2 Å². The standard InChI is InChI=1S/C14H19ClN2O/c1-11(15)14(18)16-12-5-7-13(8-6-12)17-9-3-2-4-10-17/h5-8,11H,2-4,9-10H2,1H3,(H,16,18)/t11-/m1/s1. The molecule has 0 spiro atoms. The molecule has 2 rings (SSSR count). The van der Waals surface area contributed by atoms with E-state index in [1.54, 1.807) is 6.92 Å². The summed E-state index contributed by atoms with van der Waals surface area (Å²) in [5.41, 5.74) is 2.03. The van der Waals surface area contributed by atoms with Gasteiger partial charge in [-0.25, -0.2) is 0 Å². The number of halogens is 1. The van der Waals surface area contributed by atoms with Gasteiger partial charge in [0.25, 0.3) is 0 Å². The smallest absolute Gasteiger partial charge is 0.242 e. The van der Waals surface area contributed by atoms with E-state index in [9.17, 15) is 4.79 Å². The summed E-state index contributed by atoms with van der Waals surface area (Å²) in [7, 11) is 0. The van der Waals surface area contributed by atoms with Gasteiger partial charge in [0.1, 0.15) is 5.38 Å². The molecule has 4 heteroatoms. The molecule has 0 radical (unpaired) electrons. The van der Waals surface area contributed by atoms with Gasteiger partial charge < -0.3 is 10.2 Å². The van der Waals surface area contributed by atoms with Gasteiger partial charge in [0.2, 0.25) is 5.91 Å². The summed E-state index contributed by atoms with van der Waals surface area (Å²) in [5.74, 6) is -0.164. The fourth-order valence-electron chi connectivity index (χ4n) is 2.15. The first-order valence-corrected chi connectivity index (χ1v) is 6.90. The van der Waals surface area contributed by atoms with Crippen LogP contribution in [0.15, 0.2) is 24.3 Å². The van der Waals surface area contributed by atoms with Gasteiger partial charge in [0, 0.05) is 24.5 Å². The Balaban J connectivity index is 1.98. The zero-order valence-corrected chi connectivity index (χ0v) is 11.4. The first kappa shape index (κ1) is 13.2. The maximum atomic E-state index is 11.4. The summed E-state index contributed by atoms with van der Waals surface area (Å²) in [6.07, 6.45) is 3.86. The van der Waals surface area contributed by atoms with Crippen molar-refractivity contribution in [3.05, 3.63) is 24.3 Å². The number of alkyl halides is 1. The molecule has 98 valence electrons. The molecule has 1 saturated heterocycles. The third-order valence-electron chi connectivity index (χ3n) is 3.22. The van der Waals surface area contributed by atoms with Crippen LogP contribution in [-0.2, 0) is 4.79 Å². The molecule has 1 amide bonds. The van der Waals surface area contributed by atoms with Crippen LogP contribution in [0.4, 0.5) is 11.4 Å². The molecule has 0 saturated carbocycles. The third kappa shape index (κ3) is 3.39. The number of nitrogens with one attached hydrogen (secondary N) is 1. The maximum absolute atomic E-state index is 11.4. The highest BCUT2D eigenvalue weighted by Gasteiger charge is 2.12. The predicted octanol–water partition coefficient (Wildman–Crippen LogP) is 3.24. The highest BCUT2D eigenvalue weighted by molar-refractivity contribution is 6.32. The number of hydrogen-bond donors (Lipinski definition) is 1. The quantitative estimate of drug-likeness (QED) is 0.852. The molecule has 1 aromatic carbocycles. The minimum atomic E-state index is -0.508. The molecule has 1 heterocycles. The van der Waals surface area contributed by atoms with Crippen LogP contribution in [0.25, 0.3) is 0 Å². The Morgan fingerprint density at radius 1 is 1.22 bits per heavy atom. The van der Waals surface area contributed by atoms with Crippen LogP contribution in [0.5, 0.6) is 0 Å². The third-order valence-corrected chi connectivity index (χ3v) is 3.42. The molecule has 1 fully saturated rings. The number of benzene rings is 1. The summed E-state index contributed by atoms with van der Waals surface area (Å²) >= 11 is 5.71. The highest BCUT2D eigenvalue weighted by Crippen LogP contribution is 2.21. The number of nitrogens with zero attached hydrogens (tertiary/aromatic N) is 1. The van der Waals surface area contributed by atoms with E-state index in [1.165, 1.54) is 24.9 Å². The molecule has 1 N–H and O–H groups in total. The predicted molar refractivity (Wildman–Crippen MR) is 76.5 cm³/mol. The van der Waals surface area contributed by atoms with Gasteiger partial charge >= 0.3 is 0 Å². The average molecular weight is 267 g/mol. The molecule has 1 aromatic rings. The first-order valence-electron chi connectivity index (χ1n) is 6.47. The van der Waals surface area contributed by atoms with Crippen molar-refractivity contribution in [3.63, 3.8) is 0 Å². The Hall–Kier alpha value is -1.22. The Labute approximate surface area is 113 Å². The second-order valence-electron chi connectivity index (χ2n) is 4.70. The Kier molecular flexibility index (Phi) is 4.48. The first-order chi connectivity index (χ1) is 8.66. The van der Waals surface area contributed by atoms with Gasteiger partial charge in [-0.2, -0.15) is 0 Å². The van der Waals surface area contributed by atoms with Crippen molar-refractivity contribution in [2.24, 2.45) is 0 Å². The molecule has 1 aliphatic heterocycles. The SMILES string of the molecule is C[C@@H](Cl)C(=O)Nc1ccc(N2CCCCC2)cc1. The molecule has 0 unspecified atom stereocenters. The van der Waals surface area contributed by atoms with Crippen molar-refractivity contribution >= 4 is 28.9 Å². The molecule has 3 nitrogen and oxygen atoms in total. The zero-order valence-electron chi connectivity index (χ0n) is 10.7. The van der Waals surface area contributed by atoms with Gasteiger partial charge in [0.05, 0.1) is 0 Å². The lowest BCUT2D eigenvalue weighted by Gasteiger charge is -2.28. The van der Waals surface area contributed by atoms with Gasteiger partial charge in [-0.05, 0) is 50.5 Å². The van der Waals surface area contributed by atoms with Crippen molar-refractivity contribution < 1.29 is 4.79 Å². The minimum Gasteiger partial charge on any atom is -0.372 e. The van der Waals surface area contributed by atoms with Crippen molar-refractivity contribution in [2.75, 3.05) is 23.3 Å². The average Bonchev–Trinajstić information content (AvgIpc) is 2.40. The van der Waals surface area contributed by atoms with Crippen LogP contribution in [0.2, 0.25) is 0 Å². The number of carbonyl (C=O) groups is 1. The Morgan fingerprint density at radius 3 is 2.39 bits per heavy atom. The van der Waals surface area contributed by atoms with Crippen LogP contribution in [0, 0.1) is 0 Å². The maximum Gasteiger partial charge on any atom is 0.242 e. The lowest BCUT2D eigenvalue weighted by molar-refractivity contribution is -0.115. The second-order valence-corrected chi connectivity index (χ2v) is 5.35. The van der Waals surface area contributed by atoms with Crippen molar-refractivity contribution in [1.82, 2.24) is 0 Å². The number of carbonyl (C=O) groups excluding carboxylic acids is 1. The summed E-state index contributed by atoms with van der Waals surface area (Å²) in [6.45, 7) is 3.92. The van der Waals surface area contributed by atoms with Crippen LogP contribution >= 0.6 is 11.6 Å². The molecule has 1 aliphatic rings. The van der Waals surface area contributed by atoms with E-state index < -0.39 is 5.38 Å². The van der Waals surface area contributed by atoms with Gasteiger partial charge in [-0.1, -0.05) is 0 Å². The second kappa shape index (κ2) is 6.10. The number of anilines is 2. The minimum absolute atomic E-state index is 0.164. The fourth-order valence-corrected chi connectivity index (χ4v) is 2.20. The number of amides is 1. The van der Waals surface area contributed by atoms with Gasteiger partial charge in [-0.3, -0.25) is 4.79 Å². The summed E-state index contributed by atoms with van der Waals surface area (Å²) in [6, 6.07) is 7.97. The monoisotopic (exact) mass is 266 g/mol. The lowest BCUT2D eigenvalue weighted by atomic mass is 10.1. The normalized spacial score (nSPS) is 17.3. The van der Waals surface area contributed by atoms with Crippen molar-refractivity contribution in [3.8, 4) is 0 Å². The van der Waals surface area contributed by atoms with Gasteiger partial charge in [-0.15, -0.1) is 11.6 Å². The lowest BCUT2D eigenvalue weighted by Crippen LogP contribution is -2.29. The number of rotatable bonds is 3.